The number of hydrogen-bond donors (Lipinski definition) is 0. The summed E-state index contributed by atoms with van der Waals surface area (Å²) >= 11 is 0. The summed E-state index contributed by atoms with van der Waals surface area (Å²) in [6.45, 7) is 4.30. The highest BCUT2D eigenvalue weighted by atomic mass is 15.3. The first-order chi connectivity index (χ1) is 5.13. The lowest BCUT2D eigenvalue weighted by Crippen LogP contribution is -2.16. The molecule has 62 valence electrons. The fourth-order valence-electron chi connectivity index (χ4n) is 1.05. The Bertz CT molecular complexity index is 202. The van der Waals surface area contributed by atoms with Gasteiger partial charge in [-0.3, -0.25) is 0 Å². The van der Waals surface area contributed by atoms with Gasteiger partial charge in [0.2, 0.25) is 5.95 Å². The predicted octanol–water partition coefficient (Wildman–Crippen LogP) is 1.53. The summed E-state index contributed by atoms with van der Waals surface area (Å²) in [5, 5.41) is 0. The summed E-state index contributed by atoms with van der Waals surface area (Å²) in [7, 11) is 4.00. The van der Waals surface area contributed by atoms with Gasteiger partial charge in [0.05, 0.1) is 0 Å². The Morgan fingerprint density at radius 3 is 2.45 bits per heavy atom. The number of imidazole rings is 1. The minimum Gasteiger partial charge on any atom is -0.348 e. The summed E-state index contributed by atoms with van der Waals surface area (Å²) in [6.07, 6.45) is 3.83. The van der Waals surface area contributed by atoms with Gasteiger partial charge in [-0.2, -0.15) is 0 Å². The second-order valence-corrected chi connectivity index (χ2v) is 3.12. The molecule has 0 bridgehead atoms. The number of anilines is 1. The molecular weight excluding hydrogens is 138 g/mol. The van der Waals surface area contributed by atoms with Crippen molar-refractivity contribution in [2.45, 2.75) is 19.9 Å². The molecule has 0 unspecified atom stereocenters. The van der Waals surface area contributed by atoms with E-state index in [2.05, 4.69) is 23.4 Å². The highest BCUT2D eigenvalue weighted by Gasteiger charge is 2.05. The van der Waals surface area contributed by atoms with Crippen molar-refractivity contribution in [2.24, 2.45) is 0 Å². The number of nitrogens with zero attached hydrogens (tertiary/aromatic N) is 3. The van der Waals surface area contributed by atoms with E-state index in [4.69, 9.17) is 0 Å². The van der Waals surface area contributed by atoms with E-state index in [-0.39, 0.29) is 0 Å². The molecular formula is C8H15N3. The first-order valence-electron chi connectivity index (χ1n) is 3.83. The SMILES string of the molecule is CC(C)n1ccnc1N(C)C. The van der Waals surface area contributed by atoms with Crippen LogP contribution in [0.3, 0.4) is 0 Å². The molecule has 1 heterocycles. The van der Waals surface area contributed by atoms with Crippen LogP contribution in [0.25, 0.3) is 0 Å². The smallest absolute Gasteiger partial charge is 0.205 e. The Labute approximate surface area is 67.7 Å². The summed E-state index contributed by atoms with van der Waals surface area (Å²) < 4.78 is 2.14. The Morgan fingerprint density at radius 1 is 1.45 bits per heavy atom. The van der Waals surface area contributed by atoms with Crippen LogP contribution in [0.5, 0.6) is 0 Å². The summed E-state index contributed by atoms with van der Waals surface area (Å²) in [5.74, 6) is 1.01. The highest BCUT2D eigenvalue weighted by molar-refractivity contribution is 5.28. The van der Waals surface area contributed by atoms with E-state index >= 15 is 0 Å². The molecule has 0 aliphatic carbocycles. The predicted molar refractivity (Wildman–Crippen MR) is 46.9 cm³/mol. The van der Waals surface area contributed by atoms with Gasteiger partial charge in [0.15, 0.2) is 0 Å². The second kappa shape index (κ2) is 2.95. The fraction of sp³-hybridized carbons (Fsp3) is 0.625. The van der Waals surface area contributed by atoms with Gasteiger partial charge in [-0.1, -0.05) is 0 Å². The van der Waals surface area contributed by atoms with E-state index < -0.39 is 0 Å². The van der Waals surface area contributed by atoms with Gasteiger partial charge >= 0.3 is 0 Å². The van der Waals surface area contributed by atoms with Crippen molar-refractivity contribution in [3.8, 4) is 0 Å². The zero-order chi connectivity index (χ0) is 8.43. The van der Waals surface area contributed by atoms with Crippen molar-refractivity contribution in [3.05, 3.63) is 12.4 Å². The van der Waals surface area contributed by atoms with Crippen LogP contribution in [-0.2, 0) is 0 Å². The van der Waals surface area contributed by atoms with E-state index in [1.807, 2.05) is 31.4 Å². The molecule has 0 radical (unpaired) electrons. The Morgan fingerprint density at radius 2 is 2.09 bits per heavy atom. The third-order valence-electron chi connectivity index (χ3n) is 1.60. The second-order valence-electron chi connectivity index (χ2n) is 3.12. The van der Waals surface area contributed by atoms with Crippen molar-refractivity contribution in [3.63, 3.8) is 0 Å². The molecule has 11 heavy (non-hydrogen) atoms. The Balaban J connectivity index is 2.96. The molecule has 0 aliphatic heterocycles. The molecule has 1 aromatic heterocycles. The molecule has 0 N–H and O–H groups in total. The fourth-order valence-corrected chi connectivity index (χ4v) is 1.05. The third kappa shape index (κ3) is 1.53. The Kier molecular flexibility index (Phi) is 2.17. The zero-order valence-corrected chi connectivity index (χ0v) is 7.57. The number of hydrogen-bond acceptors (Lipinski definition) is 2. The molecule has 0 aromatic carbocycles. The van der Waals surface area contributed by atoms with Crippen LogP contribution >= 0.6 is 0 Å². The maximum Gasteiger partial charge on any atom is 0.205 e. The quantitative estimate of drug-likeness (QED) is 0.642. The average molecular weight is 153 g/mol. The van der Waals surface area contributed by atoms with Gasteiger partial charge in [0.25, 0.3) is 0 Å². The van der Waals surface area contributed by atoms with Crippen LogP contribution in [0.15, 0.2) is 12.4 Å². The molecule has 0 saturated heterocycles. The molecule has 0 spiro atoms. The highest BCUT2D eigenvalue weighted by Crippen LogP contribution is 2.13. The molecule has 0 aliphatic rings. The molecule has 0 amide bonds. The van der Waals surface area contributed by atoms with Gasteiger partial charge in [0, 0.05) is 32.5 Å². The lowest BCUT2D eigenvalue weighted by atomic mass is 10.4. The van der Waals surface area contributed by atoms with Gasteiger partial charge in [0.1, 0.15) is 0 Å². The monoisotopic (exact) mass is 153 g/mol. The van der Waals surface area contributed by atoms with E-state index in [9.17, 15) is 0 Å². The molecule has 3 nitrogen and oxygen atoms in total. The van der Waals surface area contributed by atoms with Crippen molar-refractivity contribution >= 4 is 5.95 Å². The maximum atomic E-state index is 4.23. The van der Waals surface area contributed by atoms with Gasteiger partial charge in [-0.05, 0) is 13.8 Å². The van der Waals surface area contributed by atoms with Gasteiger partial charge < -0.3 is 9.47 Å². The molecule has 0 atom stereocenters. The standard InChI is InChI=1S/C8H15N3/c1-7(2)11-6-5-9-8(11)10(3)4/h5-7H,1-4H3. The minimum atomic E-state index is 0.481. The van der Waals surface area contributed by atoms with Crippen LogP contribution < -0.4 is 4.90 Å². The summed E-state index contributed by atoms with van der Waals surface area (Å²) in [6, 6.07) is 0.481. The lowest BCUT2D eigenvalue weighted by Gasteiger charge is -2.16. The van der Waals surface area contributed by atoms with Crippen LogP contribution in [0.2, 0.25) is 0 Å². The van der Waals surface area contributed by atoms with E-state index in [1.165, 1.54) is 0 Å². The minimum absolute atomic E-state index is 0.481. The first-order valence-corrected chi connectivity index (χ1v) is 3.83. The van der Waals surface area contributed by atoms with Gasteiger partial charge in [-0.15, -0.1) is 0 Å². The van der Waals surface area contributed by atoms with Crippen LogP contribution in [-0.4, -0.2) is 23.6 Å². The van der Waals surface area contributed by atoms with E-state index in [0.717, 1.165) is 5.95 Å². The zero-order valence-electron chi connectivity index (χ0n) is 7.57. The summed E-state index contributed by atoms with van der Waals surface area (Å²) in [5.41, 5.74) is 0. The van der Waals surface area contributed by atoms with Crippen molar-refractivity contribution < 1.29 is 0 Å². The topological polar surface area (TPSA) is 21.1 Å². The van der Waals surface area contributed by atoms with Crippen molar-refractivity contribution in [1.29, 1.82) is 0 Å². The van der Waals surface area contributed by atoms with E-state index in [0.29, 0.717) is 6.04 Å². The van der Waals surface area contributed by atoms with Crippen molar-refractivity contribution in [2.75, 3.05) is 19.0 Å². The number of aromatic nitrogens is 2. The molecule has 1 aromatic rings. The van der Waals surface area contributed by atoms with Crippen LogP contribution in [0, 0.1) is 0 Å². The van der Waals surface area contributed by atoms with Crippen LogP contribution in [0.4, 0.5) is 5.95 Å². The normalized spacial score (nSPS) is 10.6. The van der Waals surface area contributed by atoms with Crippen LogP contribution in [0.1, 0.15) is 19.9 Å². The van der Waals surface area contributed by atoms with Gasteiger partial charge in [-0.25, -0.2) is 4.98 Å². The summed E-state index contributed by atoms with van der Waals surface area (Å²) in [4.78, 5) is 6.24. The molecule has 1 rings (SSSR count). The third-order valence-corrected chi connectivity index (χ3v) is 1.60. The number of rotatable bonds is 2. The Hall–Kier alpha value is -0.990. The largest absolute Gasteiger partial charge is 0.348 e. The molecule has 3 heteroatoms. The molecule has 0 fully saturated rings. The van der Waals surface area contributed by atoms with Crippen molar-refractivity contribution in [1.82, 2.24) is 9.55 Å². The molecule has 0 saturated carbocycles. The lowest BCUT2D eigenvalue weighted by molar-refractivity contribution is 0.597. The van der Waals surface area contributed by atoms with E-state index in [1.54, 1.807) is 0 Å². The average Bonchev–Trinajstić information content (AvgIpc) is 2.32. The maximum absolute atomic E-state index is 4.23. The first kappa shape index (κ1) is 8.11.